The fraction of sp³-hybridized carbons (Fsp3) is 0.625. The smallest absolute Gasteiger partial charge is 0.147 e. The number of hydrogen-bond acceptors (Lipinski definition) is 3. The lowest BCUT2D eigenvalue weighted by molar-refractivity contribution is -0.0328. The predicted octanol–water partition coefficient (Wildman–Crippen LogP) is 4.66. The Kier molecular flexibility index (Phi) is 6.12. The maximum atomic E-state index is 5.97. The van der Waals surface area contributed by atoms with E-state index in [1.54, 1.807) is 0 Å². The van der Waals surface area contributed by atoms with Gasteiger partial charge < -0.3 is 14.8 Å². The summed E-state index contributed by atoms with van der Waals surface area (Å²) in [6, 6.07) is 4.20. The van der Waals surface area contributed by atoms with Crippen LogP contribution in [0.25, 0.3) is 0 Å². The van der Waals surface area contributed by atoms with Gasteiger partial charge in [-0.05, 0) is 82.8 Å². The van der Waals surface area contributed by atoms with Crippen LogP contribution in [-0.4, -0.2) is 24.9 Å². The molecule has 3 nitrogen and oxygen atoms in total. The van der Waals surface area contributed by atoms with Crippen molar-refractivity contribution in [2.45, 2.75) is 51.9 Å². The van der Waals surface area contributed by atoms with Crippen molar-refractivity contribution in [1.82, 2.24) is 5.32 Å². The molecular formula is C16H23Br2NO2. The summed E-state index contributed by atoms with van der Waals surface area (Å²) in [7, 11) is 0. The first kappa shape index (κ1) is 17.3. The van der Waals surface area contributed by atoms with E-state index < -0.39 is 0 Å². The minimum atomic E-state index is -0.0157. The highest BCUT2D eigenvalue weighted by Gasteiger charge is 2.32. The number of nitrogens with one attached hydrogen (secondary N) is 1. The number of ether oxygens (including phenoxy) is 2. The van der Waals surface area contributed by atoms with Crippen molar-refractivity contribution in [3.8, 4) is 5.75 Å². The Morgan fingerprint density at radius 3 is 2.52 bits per heavy atom. The second-order valence-corrected chi connectivity index (χ2v) is 7.73. The van der Waals surface area contributed by atoms with E-state index in [0.29, 0.717) is 6.61 Å². The second-order valence-electron chi connectivity index (χ2n) is 6.02. The van der Waals surface area contributed by atoms with Gasteiger partial charge in [-0.3, -0.25) is 0 Å². The molecular weight excluding hydrogens is 398 g/mol. The average molecular weight is 421 g/mol. The van der Waals surface area contributed by atoms with Crippen molar-refractivity contribution in [3.63, 3.8) is 0 Å². The molecule has 0 aliphatic carbocycles. The van der Waals surface area contributed by atoms with Crippen LogP contribution in [0.3, 0.4) is 0 Å². The normalized spacial score (nSPS) is 20.7. The number of benzene rings is 1. The van der Waals surface area contributed by atoms with Crippen LogP contribution in [0.1, 0.15) is 39.2 Å². The number of hydrogen-bond donors (Lipinski definition) is 1. The van der Waals surface area contributed by atoms with Crippen molar-refractivity contribution in [1.29, 1.82) is 0 Å². The number of rotatable bonds is 6. The van der Waals surface area contributed by atoms with Crippen LogP contribution in [0.2, 0.25) is 0 Å². The van der Waals surface area contributed by atoms with Crippen LogP contribution in [-0.2, 0) is 11.3 Å². The highest BCUT2D eigenvalue weighted by molar-refractivity contribution is 9.11. The molecule has 1 fully saturated rings. The summed E-state index contributed by atoms with van der Waals surface area (Å²) in [4.78, 5) is 0. The van der Waals surface area contributed by atoms with Crippen molar-refractivity contribution >= 4 is 31.9 Å². The quantitative estimate of drug-likeness (QED) is 0.725. The van der Waals surface area contributed by atoms with Crippen LogP contribution >= 0.6 is 31.9 Å². The SMILES string of the molecule is CCNCc1cc(Br)c(OCC2CCC(C)(C)O2)c(Br)c1. The van der Waals surface area contributed by atoms with Crippen LogP contribution in [0, 0.1) is 0 Å². The van der Waals surface area contributed by atoms with E-state index in [1.165, 1.54) is 5.56 Å². The minimum absolute atomic E-state index is 0.0157. The minimum Gasteiger partial charge on any atom is -0.489 e. The average Bonchev–Trinajstić information content (AvgIpc) is 2.75. The van der Waals surface area contributed by atoms with Gasteiger partial charge in [-0.25, -0.2) is 0 Å². The maximum Gasteiger partial charge on any atom is 0.147 e. The van der Waals surface area contributed by atoms with E-state index in [4.69, 9.17) is 9.47 Å². The monoisotopic (exact) mass is 419 g/mol. The number of halogens is 2. The molecule has 0 aromatic heterocycles. The Balaban J connectivity index is 1.97. The Labute approximate surface area is 144 Å². The van der Waals surface area contributed by atoms with Gasteiger partial charge in [0, 0.05) is 6.54 Å². The molecule has 0 spiro atoms. The molecule has 1 aromatic carbocycles. The lowest BCUT2D eigenvalue weighted by Crippen LogP contribution is -2.24. The standard InChI is InChI=1S/C16H23Br2NO2/c1-4-19-9-11-7-13(17)15(14(18)8-11)20-10-12-5-6-16(2,3)21-12/h7-8,12,19H,4-6,9-10H2,1-3H3. The summed E-state index contributed by atoms with van der Waals surface area (Å²) in [5.74, 6) is 0.851. The fourth-order valence-corrected chi connectivity index (χ4v) is 4.00. The highest BCUT2D eigenvalue weighted by atomic mass is 79.9. The van der Waals surface area contributed by atoms with Gasteiger partial charge in [0.25, 0.3) is 0 Å². The molecule has 0 amide bonds. The molecule has 1 atom stereocenters. The maximum absolute atomic E-state index is 5.97. The summed E-state index contributed by atoms with van der Waals surface area (Å²) >= 11 is 7.20. The first-order chi connectivity index (χ1) is 9.91. The molecule has 1 N–H and O–H groups in total. The highest BCUT2D eigenvalue weighted by Crippen LogP contribution is 2.36. The topological polar surface area (TPSA) is 30.5 Å². The zero-order valence-corrected chi connectivity index (χ0v) is 16.0. The van der Waals surface area contributed by atoms with Gasteiger partial charge >= 0.3 is 0 Å². The van der Waals surface area contributed by atoms with Gasteiger partial charge in [0.1, 0.15) is 12.4 Å². The zero-order chi connectivity index (χ0) is 15.5. The molecule has 0 bridgehead atoms. The largest absolute Gasteiger partial charge is 0.489 e. The Bertz CT molecular complexity index is 468. The van der Waals surface area contributed by atoms with Crippen LogP contribution in [0.5, 0.6) is 5.75 Å². The Morgan fingerprint density at radius 2 is 2.00 bits per heavy atom. The van der Waals surface area contributed by atoms with Crippen molar-refractivity contribution in [2.75, 3.05) is 13.2 Å². The third kappa shape index (κ3) is 4.95. The molecule has 0 saturated carbocycles. The molecule has 1 aliphatic heterocycles. The van der Waals surface area contributed by atoms with E-state index in [1.807, 2.05) is 0 Å². The molecule has 1 saturated heterocycles. The molecule has 5 heteroatoms. The molecule has 1 aromatic rings. The fourth-order valence-electron chi connectivity index (χ4n) is 2.49. The van der Waals surface area contributed by atoms with E-state index in [2.05, 4.69) is 70.1 Å². The van der Waals surface area contributed by atoms with E-state index in [0.717, 1.165) is 40.6 Å². The zero-order valence-electron chi connectivity index (χ0n) is 12.8. The van der Waals surface area contributed by atoms with Gasteiger partial charge in [-0.2, -0.15) is 0 Å². The summed E-state index contributed by atoms with van der Waals surface area (Å²) in [5.41, 5.74) is 1.21. The Hall–Kier alpha value is -0.100. The molecule has 0 radical (unpaired) electrons. The molecule has 1 aliphatic rings. The first-order valence-corrected chi connectivity index (χ1v) is 8.99. The van der Waals surface area contributed by atoms with E-state index >= 15 is 0 Å². The lowest BCUT2D eigenvalue weighted by Gasteiger charge is -2.20. The van der Waals surface area contributed by atoms with Crippen molar-refractivity contribution in [3.05, 3.63) is 26.6 Å². The summed E-state index contributed by atoms with van der Waals surface area (Å²) in [6.07, 6.45) is 2.33. The summed E-state index contributed by atoms with van der Waals surface area (Å²) < 4.78 is 13.9. The van der Waals surface area contributed by atoms with Gasteiger partial charge in [0.15, 0.2) is 0 Å². The molecule has 1 heterocycles. The first-order valence-electron chi connectivity index (χ1n) is 7.40. The van der Waals surface area contributed by atoms with Crippen LogP contribution in [0.4, 0.5) is 0 Å². The molecule has 2 rings (SSSR count). The molecule has 1 unspecified atom stereocenters. The van der Waals surface area contributed by atoms with Crippen molar-refractivity contribution in [2.24, 2.45) is 0 Å². The van der Waals surface area contributed by atoms with E-state index in [9.17, 15) is 0 Å². The third-order valence-electron chi connectivity index (χ3n) is 3.60. The summed E-state index contributed by atoms with van der Waals surface area (Å²) in [6.45, 7) is 8.77. The second kappa shape index (κ2) is 7.44. The predicted molar refractivity (Wildman–Crippen MR) is 92.9 cm³/mol. The molecule has 118 valence electrons. The van der Waals surface area contributed by atoms with Gasteiger partial charge in [0.2, 0.25) is 0 Å². The van der Waals surface area contributed by atoms with Crippen molar-refractivity contribution < 1.29 is 9.47 Å². The summed E-state index contributed by atoms with van der Waals surface area (Å²) in [5, 5.41) is 3.32. The van der Waals surface area contributed by atoms with E-state index in [-0.39, 0.29) is 11.7 Å². The third-order valence-corrected chi connectivity index (χ3v) is 4.78. The lowest BCUT2D eigenvalue weighted by atomic mass is 10.1. The van der Waals surface area contributed by atoms with Gasteiger partial charge in [0.05, 0.1) is 20.7 Å². The van der Waals surface area contributed by atoms with Crippen LogP contribution < -0.4 is 10.1 Å². The van der Waals surface area contributed by atoms with Gasteiger partial charge in [-0.15, -0.1) is 0 Å². The van der Waals surface area contributed by atoms with Crippen LogP contribution in [0.15, 0.2) is 21.1 Å². The van der Waals surface area contributed by atoms with Gasteiger partial charge in [-0.1, -0.05) is 6.92 Å². The Morgan fingerprint density at radius 1 is 1.33 bits per heavy atom. The molecule has 21 heavy (non-hydrogen) atoms.